The zero-order valence-electron chi connectivity index (χ0n) is 12.5. The molecule has 3 rings (SSSR count). The molecule has 114 valence electrons. The highest BCUT2D eigenvalue weighted by atomic mass is 16.2. The second kappa shape index (κ2) is 6.32. The first-order valence-corrected chi connectivity index (χ1v) is 7.30. The fraction of sp³-hybridized carbons (Fsp3) is 0.0526. The molecule has 0 radical (unpaired) electrons. The van der Waals surface area contributed by atoms with Crippen LogP contribution in [0.25, 0.3) is 17.2 Å². The zero-order chi connectivity index (χ0) is 16.2. The quantitative estimate of drug-likeness (QED) is 0.534. The highest BCUT2D eigenvalue weighted by molar-refractivity contribution is 6.14. The Kier molecular flexibility index (Phi) is 4.06. The van der Waals surface area contributed by atoms with Gasteiger partial charge >= 0.3 is 6.03 Å². The van der Waals surface area contributed by atoms with Crippen molar-refractivity contribution >= 4 is 18.0 Å². The van der Waals surface area contributed by atoms with Crippen LogP contribution in [0.5, 0.6) is 0 Å². The first-order chi connectivity index (χ1) is 11.2. The Morgan fingerprint density at radius 1 is 0.957 bits per heavy atom. The fourth-order valence-corrected chi connectivity index (χ4v) is 2.44. The van der Waals surface area contributed by atoms with E-state index >= 15 is 0 Å². The summed E-state index contributed by atoms with van der Waals surface area (Å²) in [6, 6.07) is 17.5. The summed E-state index contributed by atoms with van der Waals surface area (Å²) in [5, 5.41) is 2.58. The molecule has 2 aromatic carbocycles. The lowest BCUT2D eigenvalue weighted by Gasteiger charge is -2.06. The van der Waals surface area contributed by atoms with E-state index in [1.165, 1.54) is 6.08 Å². The molecule has 0 aromatic heterocycles. The van der Waals surface area contributed by atoms with Crippen LogP contribution in [-0.2, 0) is 4.79 Å². The largest absolute Gasteiger partial charge is 0.329 e. The highest BCUT2D eigenvalue weighted by Gasteiger charge is 2.32. The van der Waals surface area contributed by atoms with E-state index < -0.39 is 6.03 Å². The number of hydrogen-bond donors (Lipinski definition) is 1. The van der Waals surface area contributed by atoms with Gasteiger partial charge in [0.25, 0.3) is 5.91 Å². The number of urea groups is 1. The van der Waals surface area contributed by atoms with Crippen molar-refractivity contribution in [3.8, 4) is 11.1 Å². The van der Waals surface area contributed by atoms with Gasteiger partial charge in [-0.15, -0.1) is 6.58 Å². The van der Waals surface area contributed by atoms with Gasteiger partial charge in [-0.05, 0) is 22.8 Å². The van der Waals surface area contributed by atoms with Gasteiger partial charge in [0.2, 0.25) is 0 Å². The molecule has 0 aliphatic carbocycles. The van der Waals surface area contributed by atoms with Crippen molar-refractivity contribution < 1.29 is 9.59 Å². The Morgan fingerprint density at radius 3 is 2.26 bits per heavy atom. The number of imide groups is 1. The van der Waals surface area contributed by atoms with Crippen LogP contribution < -0.4 is 5.32 Å². The number of hydrogen-bond acceptors (Lipinski definition) is 2. The number of nitrogens with zero attached hydrogens (tertiary/aromatic N) is 1. The summed E-state index contributed by atoms with van der Waals surface area (Å²) < 4.78 is 0. The third-order valence-electron chi connectivity index (χ3n) is 3.60. The molecule has 2 aromatic rings. The van der Waals surface area contributed by atoms with Crippen LogP contribution in [0.2, 0.25) is 0 Å². The Bertz CT molecular complexity index is 777. The summed E-state index contributed by atoms with van der Waals surface area (Å²) >= 11 is 0. The lowest BCUT2D eigenvalue weighted by molar-refractivity contribution is -0.122. The van der Waals surface area contributed by atoms with Gasteiger partial charge in [-0.25, -0.2) is 4.79 Å². The van der Waals surface area contributed by atoms with Crippen molar-refractivity contribution in [1.82, 2.24) is 10.2 Å². The minimum Gasteiger partial charge on any atom is -0.303 e. The van der Waals surface area contributed by atoms with E-state index in [1.807, 2.05) is 54.6 Å². The van der Waals surface area contributed by atoms with E-state index in [0.717, 1.165) is 21.6 Å². The molecule has 23 heavy (non-hydrogen) atoms. The topological polar surface area (TPSA) is 49.4 Å². The highest BCUT2D eigenvalue weighted by Crippen LogP contribution is 2.21. The maximum absolute atomic E-state index is 12.1. The Morgan fingerprint density at radius 2 is 1.61 bits per heavy atom. The molecule has 1 aliphatic rings. The minimum absolute atomic E-state index is 0.203. The molecule has 1 saturated heterocycles. The summed E-state index contributed by atoms with van der Waals surface area (Å²) in [6.45, 7) is 3.75. The summed E-state index contributed by atoms with van der Waals surface area (Å²) in [6.07, 6.45) is 3.20. The fourth-order valence-electron chi connectivity index (χ4n) is 2.44. The molecule has 1 heterocycles. The molecule has 4 heteroatoms. The van der Waals surface area contributed by atoms with Gasteiger partial charge in [0.15, 0.2) is 0 Å². The van der Waals surface area contributed by atoms with Crippen LogP contribution in [0.15, 0.2) is 72.9 Å². The van der Waals surface area contributed by atoms with Crippen molar-refractivity contribution in [1.29, 1.82) is 0 Å². The molecule has 0 bridgehead atoms. The number of rotatable bonds is 4. The molecule has 1 fully saturated rings. The smallest absolute Gasteiger partial charge is 0.303 e. The monoisotopic (exact) mass is 304 g/mol. The molecule has 1 aliphatic heterocycles. The van der Waals surface area contributed by atoms with Gasteiger partial charge in [0, 0.05) is 6.54 Å². The number of carbonyl (C=O) groups excluding carboxylic acids is 2. The summed E-state index contributed by atoms with van der Waals surface area (Å²) in [7, 11) is 0. The Labute approximate surface area is 134 Å². The molecule has 0 spiro atoms. The van der Waals surface area contributed by atoms with Crippen molar-refractivity contribution in [2.24, 2.45) is 0 Å². The minimum atomic E-state index is -0.415. The average molecular weight is 304 g/mol. The number of carbonyl (C=O) groups is 2. The first kappa shape index (κ1) is 14.8. The normalized spacial score (nSPS) is 15.8. The summed E-state index contributed by atoms with van der Waals surface area (Å²) in [5.74, 6) is -0.331. The Hall–Kier alpha value is -3.14. The van der Waals surface area contributed by atoms with Gasteiger partial charge in [0.1, 0.15) is 5.70 Å². The Balaban J connectivity index is 1.82. The standard InChI is InChI=1S/C19H16N2O2/c1-2-12-21-18(22)17(20-19(21)23)13-14-8-10-16(11-9-14)15-6-4-3-5-7-15/h2-11,13H,1,12H2,(H,20,23)/b17-13+. The van der Waals surface area contributed by atoms with Gasteiger partial charge in [-0.2, -0.15) is 0 Å². The van der Waals surface area contributed by atoms with Crippen molar-refractivity contribution in [3.05, 3.63) is 78.5 Å². The van der Waals surface area contributed by atoms with Gasteiger partial charge in [-0.1, -0.05) is 60.7 Å². The van der Waals surface area contributed by atoms with Gasteiger partial charge in [-0.3, -0.25) is 9.69 Å². The van der Waals surface area contributed by atoms with Crippen LogP contribution in [0.3, 0.4) is 0 Å². The van der Waals surface area contributed by atoms with Gasteiger partial charge < -0.3 is 5.32 Å². The van der Waals surface area contributed by atoms with Crippen LogP contribution in [-0.4, -0.2) is 23.4 Å². The van der Waals surface area contributed by atoms with Crippen LogP contribution in [0, 0.1) is 0 Å². The second-order valence-corrected chi connectivity index (χ2v) is 5.18. The summed E-state index contributed by atoms with van der Waals surface area (Å²) in [4.78, 5) is 25.0. The van der Waals surface area contributed by atoms with Crippen LogP contribution in [0.4, 0.5) is 4.79 Å². The third-order valence-corrected chi connectivity index (χ3v) is 3.60. The molecular formula is C19H16N2O2. The second-order valence-electron chi connectivity index (χ2n) is 5.18. The van der Waals surface area contributed by atoms with Crippen LogP contribution in [0.1, 0.15) is 5.56 Å². The number of benzene rings is 2. The summed E-state index contributed by atoms with van der Waals surface area (Å²) in [5.41, 5.74) is 3.37. The molecule has 4 nitrogen and oxygen atoms in total. The zero-order valence-corrected chi connectivity index (χ0v) is 12.5. The number of amides is 3. The van der Waals surface area contributed by atoms with E-state index in [4.69, 9.17) is 0 Å². The maximum atomic E-state index is 12.1. The molecule has 0 saturated carbocycles. The number of nitrogens with one attached hydrogen (secondary N) is 1. The predicted octanol–water partition coefficient (Wildman–Crippen LogP) is 3.43. The van der Waals surface area contributed by atoms with Crippen LogP contribution >= 0.6 is 0 Å². The average Bonchev–Trinajstić information content (AvgIpc) is 2.84. The molecule has 0 atom stereocenters. The third kappa shape index (κ3) is 3.06. The van der Waals surface area contributed by atoms with E-state index in [1.54, 1.807) is 6.08 Å². The lowest BCUT2D eigenvalue weighted by atomic mass is 10.0. The van der Waals surface area contributed by atoms with E-state index in [2.05, 4.69) is 11.9 Å². The van der Waals surface area contributed by atoms with E-state index in [0.29, 0.717) is 0 Å². The SMILES string of the molecule is C=CCN1C(=O)N/C(=C/c2ccc(-c3ccccc3)cc2)C1=O. The van der Waals surface area contributed by atoms with Gasteiger partial charge in [0.05, 0.1) is 0 Å². The first-order valence-electron chi connectivity index (χ1n) is 7.30. The molecule has 0 unspecified atom stereocenters. The predicted molar refractivity (Wildman–Crippen MR) is 90.3 cm³/mol. The van der Waals surface area contributed by atoms with Crippen molar-refractivity contribution in [2.45, 2.75) is 0 Å². The van der Waals surface area contributed by atoms with E-state index in [-0.39, 0.29) is 18.1 Å². The molecule has 1 N–H and O–H groups in total. The molecular weight excluding hydrogens is 288 g/mol. The molecule has 3 amide bonds. The van der Waals surface area contributed by atoms with Crippen molar-refractivity contribution in [2.75, 3.05) is 6.54 Å². The van der Waals surface area contributed by atoms with Crippen molar-refractivity contribution in [3.63, 3.8) is 0 Å². The maximum Gasteiger partial charge on any atom is 0.329 e. The van der Waals surface area contributed by atoms with E-state index in [9.17, 15) is 9.59 Å². The lowest BCUT2D eigenvalue weighted by Crippen LogP contribution is -2.30.